The quantitative estimate of drug-likeness (QED) is 0.849. The molecule has 1 amide bonds. The van der Waals surface area contributed by atoms with E-state index in [0.717, 1.165) is 36.0 Å². The van der Waals surface area contributed by atoms with E-state index < -0.39 is 23.0 Å². The second-order valence-corrected chi connectivity index (χ2v) is 6.65. The van der Waals surface area contributed by atoms with E-state index >= 15 is 0 Å². The van der Waals surface area contributed by atoms with Gasteiger partial charge in [-0.3, -0.25) is 14.2 Å². The number of alkyl halides is 3. The zero-order valence-electron chi connectivity index (χ0n) is 15.1. The number of likely N-dealkylation sites (N-methyl/N-ethyl adjacent to an activating group) is 1. The van der Waals surface area contributed by atoms with Crippen molar-refractivity contribution in [2.75, 3.05) is 33.2 Å². The predicted molar refractivity (Wildman–Crippen MR) is 94.7 cm³/mol. The van der Waals surface area contributed by atoms with Crippen molar-refractivity contribution in [1.29, 1.82) is 0 Å². The van der Waals surface area contributed by atoms with E-state index in [4.69, 9.17) is 0 Å². The second-order valence-electron chi connectivity index (χ2n) is 6.65. The largest absolute Gasteiger partial charge is 0.507 e. The first-order valence-corrected chi connectivity index (χ1v) is 8.58. The Morgan fingerprint density at radius 1 is 1.18 bits per heavy atom. The van der Waals surface area contributed by atoms with Crippen LogP contribution in [0.1, 0.15) is 5.56 Å². The fourth-order valence-corrected chi connectivity index (χ4v) is 2.99. The molecule has 150 valence electrons. The van der Waals surface area contributed by atoms with Crippen LogP contribution < -0.4 is 5.56 Å². The summed E-state index contributed by atoms with van der Waals surface area (Å²) in [5, 5.41) is 9.98. The van der Waals surface area contributed by atoms with E-state index in [1.807, 2.05) is 7.05 Å². The maximum absolute atomic E-state index is 12.8. The summed E-state index contributed by atoms with van der Waals surface area (Å²) < 4.78 is 39.4. The summed E-state index contributed by atoms with van der Waals surface area (Å²) in [6, 6.07) is 2.35. The molecule has 0 aliphatic carbocycles. The molecule has 0 spiro atoms. The van der Waals surface area contributed by atoms with Gasteiger partial charge in [-0.05, 0) is 25.2 Å². The van der Waals surface area contributed by atoms with Crippen LogP contribution in [0.2, 0.25) is 0 Å². The summed E-state index contributed by atoms with van der Waals surface area (Å²) in [5.74, 6) is -0.928. The number of aromatic nitrogens is 2. The Morgan fingerprint density at radius 2 is 1.86 bits per heavy atom. The maximum Gasteiger partial charge on any atom is 0.416 e. The molecule has 10 heteroatoms. The minimum Gasteiger partial charge on any atom is -0.507 e. The number of benzene rings is 1. The van der Waals surface area contributed by atoms with Gasteiger partial charge in [0.1, 0.15) is 12.3 Å². The average molecular weight is 396 g/mol. The molecule has 1 aliphatic heterocycles. The van der Waals surface area contributed by atoms with Crippen molar-refractivity contribution in [3.05, 3.63) is 46.6 Å². The Kier molecular flexibility index (Phi) is 5.41. The molecule has 1 aromatic carbocycles. The van der Waals surface area contributed by atoms with Crippen LogP contribution >= 0.6 is 0 Å². The molecule has 3 rings (SSSR count). The van der Waals surface area contributed by atoms with Crippen molar-refractivity contribution in [3.8, 4) is 16.9 Å². The highest BCUT2D eigenvalue weighted by Crippen LogP contribution is 2.35. The van der Waals surface area contributed by atoms with Crippen LogP contribution in [0.5, 0.6) is 5.75 Å². The normalized spacial score (nSPS) is 15.6. The third kappa shape index (κ3) is 4.16. The summed E-state index contributed by atoms with van der Waals surface area (Å²) in [6.45, 7) is 2.34. The minimum atomic E-state index is -4.61. The number of rotatable bonds is 3. The molecule has 0 radical (unpaired) electrons. The Labute approximate surface area is 158 Å². The zero-order valence-corrected chi connectivity index (χ0v) is 15.1. The lowest BCUT2D eigenvalue weighted by Crippen LogP contribution is -2.48. The predicted octanol–water partition coefficient (Wildman–Crippen LogP) is 1.41. The number of aromatic hydroxyl groups is 1. The number of carbonyl (C=O) groups excluding carboxylic acids is 1. The number of phenols is 1. The topological polar surface area (TPSA) is 78.7 Å². The van der Waals surface area contributed by atoms with Crippen LogP contribution in [0.15, 0.2) is 35.5 Å². The first-order chi connectivity index (χ1) is 13.2. The number of hydrogen-bond acceptors (Lipinski definition) is 5. The molecule has 1 fully saturated rings. The van der Waals surface area contributed by atoms with Crippen molar-refractivity contribution in [2.45, 2.75) is 12.7 Å². The third-order valence-electron chi connectivity index (χ3n) is 4.68. The van der Waals surface area contributed by atoms with Crippen LogP contribution in [0.3, 0.4) is 0 Å². The van der Waals surface area contributed by atoms with Gasteiger partial charge in [0.2, 0.25) is 5.91 Å². The molecule has 1 aromatic heterocycles. The number of halogens is 3. The number of amides is 1. The number of hydrogen-bond donors (Lipinski definition) is 1. The molecule has 1 saturated heterocycles. The van der Waals surface area contributed by atoms with Gasteiger partial charge >= 0.3 is 6.18 Å². The Balaban J connectivity index is 1.86. The van der Waals surface area contributed by atoms with Crippen LogP contribution in [0, 0.1) is 0 Å². The first-order valence-electron chi connectivity index (χ1n) is 8.58. The standard InChI is InChI=1S/C18H19F3N4O3/c1-23-4-6-24(7-5-23)16(27)10-25-11-22-9-14(17(25)28)13-3-2-12(8-15(13)26)18(19,20)21/h2-3,8-9,11,26H,4-7,10H2,1H3. The van der Waals surface area contributed by atoms with Crippen LogP contribution in [-0.4, -0.2) is 63.6 Å². The first kappa shape index (κ1) is 19.9. The van der Waals surface area contributed by atoms with Crippen molar-refractivity contribution < 1.29 is 23.1 Å². The van der Waals surface area contributed by atoms with Crippen LogP contribution in [0.25, 0.3) is 11.1 Å². The fourth-order valence-electron chi connectivity index (χ4n) is 2.99. The lowest BCUT2D eigenvalue weighted by Gasteiger charge is -2.32. The Bertz CT molecular complexity index is 934. The van der Waals surface area contributed by atoms with E-state index in [0.29, 0.717) is 19.2 Å². The van der Waals surface area contributed by atoms with Crippen molar-refractivity contribution in [1.82, 2.24) is 19.4 Å². The zero-order chi connectivity index (χ0) is 20.5. The molecule has 28 heavy (non-hydrogen) atoms. The van der Waals surface area contributed by atoms with E-state index in [2.05, 4.69) is 9.88 Å². The molecule has 0 saturated carbocycles. The summed E-state index contributed by atoms with van der Waals surface area (Å²) >= 11 is 0. The lowest BCUT2D eigenvalue weighted by molar-refractivity contribution is -0.137. The third-order valence-corrected chi connectivity index (χ3v) is 4.68. The van der Waals surface area contributed by atoms with E-state index in [1.165, 1.54) is 6.33 Å². The highest BCUT2D eigenvalue weighted by atomic mass is 19.4. The molecule has 7 nitrogen and oxygen atoms in total. The smallest absolute Gasteiger partial charge is 0.416 e. The molecule has 0 bridgehead atoms. The van der Waals surface area contributed by atoms with Crippen LogP contribution in [0.4, 0.5) is 13.2 Å². The number of piperazine rings is 1. The summed E-state index contributed by atoms with van der Waals surface area (Å²) in [7, 11) is 1.95. The van der Waals surface area contributed by atoms with Crippen molar-refractivity contribution >= 4 is 5.91 Å². The van der Waals surface area contributed by atoms with Gasteiger partial charge in [0.05, 0.1) is 17.5 Å². The van der Waals surface area contributed by atoms with Gasteiger partial charge < -0.3 is 14.9 Å². The molecule has 0 atom stereocenters. The SMILES string of the molecule is CN1CCN(C(=O)Cn2cncc(-c3ccc(C(F)(F)F)cc3O)c2=O)CC1. The van der Waals surface area contributed by atoms with Crippen LogP contribution in [-0.2, 0) is 17.5 Å². The number of phenolic OH excluding ortho intramolecular Hbond substituents is 1. The fraction of sp³-hybridized carbons (Fsp3) is 0.389. The van der Waals surface area contributed by atoms with Gasteiger partial charge in [-0.15, -0.1) is 0 Å². The Morgan fingerprint density at radius 3 is 2.46 bits per heavy atom. The van der Waals surface area contributed by atoms with Gasteiger partial charge in [-0.25, -0.2) is 4.98 Å². The monoisotopic (exact) mass is 396 g/mol. The van der Waals surface area contributed by atoms with E-state index in [-0.39, 0.29) is 23.6 Å². The number of nitrogens with zero attached hydrogens (tertiary/aromatic N) is 4. The van der Waals surface area contributed by atoms with E-state index in [1.54, 1.807) is 4.90 Å². The van der Waals surface area contributed by atoms with Gasteiger partial charge in [-0.1, -0.05) is 0 Å². The lowest BCUT2D eigenvalue weighted by atomic mass is 10.0. The molecule has 1 N–H and O–H groups in total. The average Bonchev–Trinajstić information content (AvgIpc) is 2.63. The Hall–Kier alpha value is -2.88. The molecule has 2 heterocycles. The maximum atomic E-state index is 12.8. The molecular formula is C18H19F3N4O3. The second kappa shape index (κ2) is 7.63. The van der Waals surface area contributed by atoms with E-state index in [9.17, 15) is 27.9 Å². The summed E-state index contributed by atoms with van der Waals surface area (Å²) in [4.78, 5) is 32.8. The van der Waals surface area contributed by atoms with Gasteiger partial charge in [0, 0.05) is 37.9 Å². The van der Waals surface area contributed by atoms with Gasteiger partial charge in [-0.2, -0.15) is 13.2 Å². The van der Waals surface area contributed by atoms with Gasteiger partial charge in [0.25, 0.3) is 5.56 Å². The minimum absolute atomic E-state index is 0.0769. The van der Waals surface area contributed by atoms with Crippen molar-refractivity contribution in [3.63, 3.8) is 0 Å². The highest BCUT2D eigenvalue weighted by molar-refractivity contribution is 5.76. The van der Waals surface area contributed by atoms with Crippen molar-refractivity contribution in [2.24, 2.45) is 0 Å². The molecule has 2 aromatic rings. The number of carbonyl (C=O) groups is 1. The molecule has 0 unspecified atom stereocenters. The highest BCUT2D eigenvalue weighted by Gasteiger charge is 2.31. The molecular weight excluding hydrogens is 377 g/mol. The van der Waals surface area contributed by atoms with Gasteiger partial charge in [0.15, 0.2) is 0 Å². The summed E-state index contributed by atoms with van der Waals surface area (Å²) in [5.41, 5.74) is -1.80. The summed E-state index contributed by atoms with van der Waals surface area (Å²) in [6.07, 6.45) is -2.26. The molecule has 1 aliphatic rings.